The lowest BCUT2D eigenvalue weighted by Gasteiger charge is -2.10. The molecule has 0 N–H and O–H groups in total. The minimum absolute atomic E-state index is 0.975. The van der Waals surface area contributed by atoms with Gasteiger partial charge in [0.05, 0.1) is 0 Å². The summed E-state index contributed by atoms with van der Waals surface area (Å²) < 4.78 is 0. The van der Waals surface area contributed by atoms with Crippen LogP contribution in [-0.2, 0) is 0 Å². The van der Waals surface area contributed by atoms with Gasteiger partial charge in [-0.15, -0.1) is 0 Å². The third kappa shape index (κ3) is 6.76. The normalized spacial score (nSPS) is 9.81. The summed E-state index contributed by atoms with van der Waals surface area (Å²) in [6.07, 6.45) is 0. The molecule has 0 saturated heterocycles. The number of hydrogen-bond acceptors (Lipinski definition) is 0. The maximum absolute atomic E-state index is 3.41. The second-order valence-electron chi connectivity index (χ2n) is 9.76. The van der Waals surface area contributed by atoms with Crippen LogP contribution in [0.4, 0.5) is 0 Å². The number of benzene rings is 6. The summed E-state index contributed by atoms with van der Waals surface area (Å²) in [7, 11) is 0. The van der Waals surface area contributed by atoms with Gasteiger partial charge in [0.25, 0.3) is 0 Å². The Labute approximate surface area is 248 Å². The minimum atomic E-state index is 0.975. The number of hydrogen-bond donors (Lipinski definition) is 0. The second-order valence-corrected chi connectivity index (χ2v) is 9.76. The van der Waals surface area contributed by atoms with Gasteiger partial charge >= 0.3 is 0 Å². The standard InChI is InChI=1S/C42H26/c1-4-10-33(11-5-1)16-18-36-20-25-38(26-21-36)41-31-30-40(27-22-35-14-8-3-9-15-35)42(32-41)39-28-23-37(24-29-39)19-17-34-12-6-2-7-13-34/h1-15,20-21,23-26,28-32H. The van der Waals surface area contributed by atoms with Gasteiger partial charge in [-0.25, -0.2) is 0 Å². The topological polar surface area (TPSA) is 0 Å². The fourth-order valence-electron chi connectivity index (χ4n) is 4.54. The van der Waals surface area contributed by atoms with Crippen molar-refractivity contribution < 1.29 is 0 Å². The van der Waals surface area contributed by atoms with Crippen molar-refractivity contribution >= 4 is 0 Å². The molecular weight excluding hydrogens is 504 g/mol. The Balaban J connectivity index is 1.32. The molecule has 0 nitrogen and oxygen atoms in total. The lowest BCUT2D eigenvalue weighted by molar-refractivity contribution is 1.54. The highest BCUT2D eigenvalue weighted by molar-refractivity contribution is 5.79. The van der Waals surface area contributed by atoms with Crippen molar-refractivity contribution in [3.05, 3.63) is 191 Å². The third-order valence-corrected chi connectivity index (χ3v) is 6.80. The third-order valence-electron chi connectivity index (χ3n) is 6.80. The van der Waals surface area contributed by atoms with E-state index in [-0.39, 0.29) is 0 Å². The van der Waals surface area contributed by atoms with E-state index in [0.717, 1.165) is 55.6 Å². The van der Waals surface area contributed by atoms with E-state index in [1.165, 1.54) is 0 Å². The van der Waals surface area contributed by atoms with Crippen LogP contribution < -0.4 is 0 Å². The molecule has 0 saturated carbocycles. The molecule has 0 amide bonds. The van der Waals surface area contributed by atoms with Crippen LogP contribution in [0.25, 0.3) is 22.3 Å². The zero-order valence-electron chi connectivity index (χ0n) is 23.0. The van der Waals surface area contributed by atoms with Crippen molar-refractivity contribution in [1.29, 1.82) is 0 Å². The summed E-state index contributed by atoms with van der Waals surface area (Å²) >= 11 is 0. The summed E-state index contributed by atoms with van der Waals surface area (Å²) in [4.78, 5) is 0. The molecule has 0 radical (unpaired) electrons. The molecule has 0 spiro atoms. The van der Waals surface area contributed by atoms with E-state index in [0.29, 0.717) is 0 Å². The molecule has 0 bridgehead atoms. The molecule has 6 rings (SSSR count). The first-order valence-corrected chi connectivity index (χ1v) is 13.9. The van der Waals surface area contributed by atoms with Crippen molar-refractivity contribution in [2.75, 3.05) is 0 Å². The Morgan fingerprint density at radius 2 is 0.619 bits per heavy atom. The van der Waals surface area contributed by atoms with Crippen LogP contribution in [0.3, 0.4) is 0 Å². The molecule has 0 aliphatic carbocycles. The molecule has 0 aliphatic rings. The molecule has 0 atom stereocenters. The summed E-state index contributed by atoms with van der Waals surface area (Å²) in [5, 5.41) is 0. The van der Waals surface area contributed by atoms with Crippen LogP contribution in [0.15, 0.2) is 158 Å². The predicted octanol–water partition coefficient (Wildman–Crippen LogP) is 9.22. The van der Waals surface area contributed by atoms with Crippen LogP contribution in [0.5, 0.6) is 0 Å². The minimum Gasteiger partial charge on any atom is -0.0622 e. The number of rotatable bonds is 2. The molecule has 0 fully saturated rings. The van der Waals surface area contributed by atoms with E-state index in [1.807, 2.05) is 91.0 Å². The first kappa shape index (κ1) is 26.2. The average molecular weight is 531 g/mol. The largest absolute Gasteiger partial charge is 0.0622 e. The Morgan fingerprint density at radius 3 is 1.07 bits per heavy atom. The highest BCUT2D eigenvalue weighted by Gasteiger charge is 2.08. The van der Waals surface area contributed by atoms with Gasteiger partial charge in [-0.1, -0.05) is 120 Å². The van der Waals surface area contributed by atoms with Crippen molar-refractivity contribution in [2.24, 2.45) is 0 Å². The van der Waals surface area contributed by atoms with Gasteiger partial charge in [0, 0.05) is 33.4 Å². The Bertz CT molecular complexity index is 1980. The smallest absolute Gasteiger partial charge is 0.0327 e. The molecule has 0 heteroatoms. The summed E-state index contributed by atoms with van der Waals surface area (Å²) in [5.74, 6) is 19.8. The Hall–Kier alpha value is -6.00. The zero-order valence-corrected chi connectivity index (χ0v) is 23.0. The Kier molecular flexibility index (Phi) is 8.06. The van der Waals surface area contributed by atoms with Crippen molar-refractivity contribution in [3.63, 3.8) is 0 Å². The van der Waals surface area contributed by atoms with E-state index in [1.54, 1.807) is 0 Å². The molecule has 6 aromatic carbocycles. The lowest BCUT2D eigenvalue weighted by Crippen LogP contribution is -1.88. The zero-order chi connectivity index (χ0) is 28.4. The van der Waals surface area contributed by atoms with E-state index < -0.39 is 0 Å². The maximum Gasteiger partial charge on any atom is 0.0327 e. The van der Waals surface area contributed by atoms with E-state index >= 15 is 0 Å². The van der Waals surface area contributed by atoms with E-state index in [9.17, 15) is 0 Å². The SMILES string of the molecule is C(#Cc1ccc(-c2ccc(C#Cc3ccccc3)c(-c3ccc(C#Cc4ccccc4)cc3)c2)cc1)c1ccccc1. The van der Waals surface area contributed by atoms with E-state index in [4.69, 9.17) is 0 Å². The molecule has 0 unspecified atom stereocenters. The van der Waals surface area contributed by atoms with Crippen LogP contribution in [-0.4, -0.2) is 0 Å². The van der Waals surface area contributed by atoms with Crippen LogP contribution in [0.1, 0.15) is 33.4 Å². The molecule has 194 valence electrons. The molecular formula is C42H26. The van der Waals surface area contributed by atoms with Gasteiger partial charge in [-0.3, -0.25) is 0 Å². The van der Waals surface area contributed by atoms with Crippen LogP contribution in [0, 0.1) is 35.5 Å². The molecule has 0 aliphatic heterocycles. The Morgan fingerprint density at radius 1 is 0.262 bits per heavy atom. The van der Waals surface area contributed by atoms with Crippen LogP contribution >= 0.6 is 0 Å². The first-order valence-electron chi connectivity index (χ1n) is 13.9. The maximum atomic E-state index is 3.41. The quantitative estimate of drug-likeness (QED) is 0.196. The average Bonchev–Trinajstić information content (AvgIpc) is 3.07. The van der Waals surface area contributed by atoms with Gasteiger partial charge in [0.1, 0.15) is 0 Å². The molecule has 0 heterocycles. The van der Waals surface area contributed by atoms with Crippen molar-refractivity contribution in [3.8, 4) is 57.8 Å². The highest BCUT2D eigenvalue weighted by atomic mass is 14.1. The molecule has 6 aromatic rings. The lowest BCUT2D eigenvalue weighted by atomic mass is 9.93. The summed E-state index contributed by atoms with van der Waals surface area (Å²) in [5.41, 5.74) is 10.4. The van der Waals surface area contributed by atoms with Gasteiger partial charge in [-0.05, 0) is 95.1 Å². The van der Waals surface area contributed by atoms with Crippen LogP contribution in [0.2, 0.25) is 0 Å². The van der Waals surface area contributed by atoms with Crippen molar-refractivity contribution in [1.82, 2.24) is 0 Å². The van der Waals surface area contributed by atoms with Gasteiger partial charge in [0.15, 0.2) is 0 Å². The monoisotopic (exact) mass is 530 g/mol. The van der Waals surface area contributed by atoms with Gasteiger partial charge < -0.3 is 0 Å². The van der Waals surface area contributed by atoms with Gasteiger partial charge in [-0.2, -0.15) is 0 Å². The highest BCUT2D eigenvalue weighted by Crippen LogP contribution is 2.30. The second kappa shape index (κ2) is 12.9. The fourth-order valence-corrected chi connectivity index (χ4v) is 4.54. The summed E-state index contributed by atoms with van der Waals surface area (Å²) in [6, 6.07) is 53.5. The predicted molar refractivity (Wildman–Crippen MR) is 175 cm³/mol. The van der Waals surface area contributed by atoms with Crippen molar-refractivity contribution in [2.45, 2.75) is 0 Å². The molecule has 0 aromatic heterocycles. The van der Waals surface area contributed by atoms with E-state index in [2.05, 4.69) is 102 Å². The first-order chi connectivity index (χ1) is 20.8. The fraction of sp³-hybridized carbons (Fsp3) is 0. The molecule has 42 heavy (non-hydrogen) atoms. The van der Waals surface area contributed by atoms with Gasteiger partial charge in [0.2, 0.25) is 0 Å². The summed E-state index contributed by atoms with van der Waals surface area (Å²) in [6.45, 7) is 0.